The number of pyridine rings is 1. The average Bonchev–Trinajstić information content (AvgIpc) is 2.67. The summed E-state index contributed by atoms with van der Waals surface area (Å²) in [5, 5.41) is 10.7. The number of benzene rings is 1. The zero-order chi connectivity index (χ0) is 19.4. The summed E-state index contributed by atoms with van der Waals surface area (Å²) >= 11 is 0. The number of ether oxygens (including phenoxy) is 1. The Kier molecular flexibility index (Phi) is 5.54. The topological polar surface area (TPSA) is 88.8 Å². The molecule has 8 nitrogen and oxygen atoms in total. The van der Waals surface area contributed by atoms with Crippen LogP contribution in [0.2, 0.25) is 0 Å². The summed E-state index contributed by atoms with van der Waals surface area (Å²) < 4.78 is 5.75. The van der Waals surface area contributed by atoms with Gasteiger partial charge in [0.05, 0.1) is 5.69 Å². The van der Waals surface area contributed by atoms with Gasteiger partial charge in [-0.25, -0.2) is 0 Å². The monoisotopic (exact) mass is 370 g/mol. The first-order valence-electron chi connectivity index (χ1n) is 8.78. The molecule has 0 atom stereocenters. The molecule has 1 aromatic carbocycles. The third kappa shape index (κ3) is 4.33. The lowest BCUT2D eigenvalue weighted by Gasteiger charge is -2.35. The molecule has 1 fully saturated rings. The first-order valence-corrected chi connectivity index (χ1v) is 8.78. The number of rotatable bonds is 5. The van der Waals surface area contributed by atoms with Gasteiger partial charge in [-0.3, -0.25) is 4.79 Å². The molecule has 2 aromatic rings. The minimum absolute atomic E-state index is 0.0186. The number of carbonyl (C=O) groups is 1. The number of nitrogens with zero attached hydrogens (tertiary/aromatic N) is 4. The van der Waals surface area contributed by atoms with E-state index in [1.807, 2.05) is 32.0 Å². The number of para-hydroxylation sites is 1. The second kappa shape index (κ2) is 8.03. The molecule has 1 aliphatic heterocycles. The van der Waals surface area contributed by atoms with Crippen LogP contribution < -0.4 is 9.64 Å². The van der Waals surface area contributed by atoms with Crippen LogP contribution in [0.5, 0.6) is 5.75 Å². The molecular formula is C19H22N4O4. The van der Waals surface area contributed by atoms with Crippen LogP contribution in [0, 0.1) is 24.0 Å². The van der Waals surface area contributed by atoms with Crippen LogP contribution in [-0.4, -0.2) is 53.5 Å². The van der Waals surface area contributed by atoms with E-state index in [2.05, 4.69) is 9.88 Å². The average molecular weight is 370 g/mol. The van der Waals surface area contributed by atoms with Crippen LogP contribution in [0.3, 0.4) is 0 Å². The van der Waals surface area contributed by atoms with E-state index in [9.17, 15) is 14.9 Å². The number of hydrogen-bond donors (Lipinski definition) is 0. The maximum Gasteiger partial charge on any atom is 0.363 e. The van der Waals surface area contributed by atoms with Gasteiger partial charge in [0.25, 0.3) is 5.91 Å². The number of aromatic nitrogens is 1. The van der Waals surface area contributed by atoms with Gasteiger partial charge in [-0.2, -0.15) is 0 Å². The number of piperazine rings is 1. The highest BCUT2D eigenvalue weighted by molar-refractivity contribution is 5.78. The third-order valence-electron chi connectivity index (χ3n) is 4.67. The standard InChI is InChI=1S/C19H22N4O4/c1-14-4-3-5-15(2)19(14)27-13-18(24)22-10-8-21(9-11-22)16-6-7-17(20-12-16)23(25)26/h3-7,12H,8-11,13H2,1-2H3. The fraction of sp³-hybridized carbons (Fsp3) is 0.368. The van der Waals surface area contributed by atoms with E-state index in [4.69, 9.17) is 4.74 Å². The van der Waals surface area contributed by atoms with Gasteiger partial charge >= 0.3 is 5.82 Å². The van der Waals surface area contributed by atoms with Crippen LogP contribution in [0.15, 0.2) is 36.5 Å². The Balaban J connectivity index is 1.52. The molecule has 0 aliphatic carbocycles. The molecule has 0 radical (unpaired) electrons. The molecule has 1 aromatic heterocycles. The van der Waals surface area contributed by atoms with Crippen LogP contribution in [0.4, 0.5) is 11.5 Å². The Hall–Kier alpha value is -3.16. The molecular weight excluding hydrogens is 348 g/mol. The van der Waals surface area contributed by atoms with Gasteiger partial charge in [0.1, 0.15) is 5.75 Å². The van der Waals surface area contributed by atoms with Crippen LogP contribution >= 0.6 is 0 Å². The van der Waals surface area contributed by atoms with Gasteiger partial charge in [0.15, 0.2) is 12.8 Å². The normalized spacial score (nSPS) is 14.1. The van der Waals surface area contributed by atoms with Gasteiger partial charge in [-0.05, 0) is 40.9 Å². The summed E-state index contributed by atoms with van der Waals surface area (Å²) in [7, 11) is 0. The number of anilines is 1. The van der Waals surface area contributed by atoms with Crippen molar-refractivity contribution >= 4 is 17.4 Å². The molecule has 0 N–H and O–H groups in total. The largest absolute Gasteiger partial charge is 0.483 e. The molecule has 0 spiro atoms. The minimum atomic E-state index is -0.517. The van der Waals surface area contributed by atoms with E-state index >= 15 is 0 Å². The van der Waals surface area contributed by atoms with Crippen molar-refractivity contribution < 1.29 is 14.5 Å². The van der Waals surface area contributed by atoms with Crippen molar-refractivity contribution in [2.24, 2.45) is 0 Å². The van der Waals surface area contributed by atoms with Crippen molar-refractivity contribution in [3.05, 3.63) is 57.8 Å². The van der Waals surface area contributed by atoms with Crippen molar-refractivity contribution in [1.82, 2.24) is 9.88 Å². The number of hydrogen-bond acceptors (Lipinski definition) is 6. The lowest BCUT2D eigenvalue weighted by molar-refractivity contribution is -0.389. The summed E-state index contributed by atoms with van der Waals surface area (Å²) in [6.45, 7) is 6.39. The minimum Gasteiger partial charge on any atom is -0.483 e. The molecule has 0 unspecified atom stereocenters. The summed E-state index contributed by atoms with van der Waals surface area (Å²) in [5.74, 6) is 0.553. The number of aryl methyl sites for hydroxylation is 2. The van der Waals surface area contributed by atoms with E-state index in [0.717, 1.165) is 22.6 Å². The van der Waals surface area contributed by atoms with Gasteiger partial charge in [0.2, 0.25) is 0 Å². The van der Waals surface area contributed by atoms with E-state index in [0.29, 0.717) is 26.2 Å². The molecule has 1 aliphatic rings. The highest BCUT2D eigenvalue weighted by atomic mass is 16.6. The first-order chi connectivity index (χ1) is 13.0. The zero-order valence-corrected chi connectivity index (χ0v) is 15.4. The third-order valence-corrected chi connectivity index (χ3v) is 4.67. The predicted molar refractivity (Wildman–Crippen MR) is 101 cm³/mol. The van der Waals surface area contributed by atoms with Gasteiger partial charge in [-0.1, -0.05) is 18.2 Å². The Morgan fingerprint density at radius 2 is 1.81 bits per heavy atom. The molecule has 8 heteroatoms. The van der Waals surface area contributed by atoms with Crippen LogP contribution in [-0.2, 0) is 4.79 Å². The molecule has 142 valence electrons. The van der Waals surface area contributed by atoms with E-state index in [1.54, 1.807) is 11.0 Å². The lowest BCUT2D eigenvalue weighted by Crippen LogP contribution is -2.50. The maximum absolute atomic E-state index is 12.5. The summed E-state index contributed by atoms with van der Waals surface area (Å²) in [6, 6.07) is 8.97. The molecule has 0 bridgehead atoms. The molecule has 1 saturated heterocycles. The number of carbonyl (C=O) groups excluding carboxylic acids is 1. The van der Waals surface area contributed by atoms with Gasteiger partial charge < -0.3 is 24.7 Å². The fourth-order valence-electron chi connectivity index (χ4n) is 3.14. The zero-order valence-electron chi connectivity index (χ0n) is 15.4. The van der Waals surface area contributed by atoms with Crippen molar-refractivity contribution in [2.75, 3.05) is 37.7 Å². The Morgan fingerprint density at radius 3 is 2.37 bits per heavy atom. The van der Waals surface area contributed by atoms with Crippen molar-refractivity contribution in [2.45, 2.75) is 13.8 Å². The smallest absolute Gasteiger partial charge is 0.363 e. The first kappa shape index (κ1) is 18.6. The molecule has 0 saturated carbocycles. The Bertz CT molecular complexity index is 810. The second-order valence-electron chi connectivity index (χ2n) is 6.51. The quantitative estimate of drug-likeness (QED) is 0.593. The van der Waals surface area contributed by atoms with Crippen LogP contribution in [0.1, 0.15) is 11.1 Å². The van der Waals surface area contributed by atoms with Gasteiger partial charge in [0, 0.05) is 32.2 Å². The number of amides is 1. The lowest BCUT2D eigenvalue weighted by atomic mass is 10.1. The fourth-order valence-corrected chi connectivity index (χ4v) is 3.14. The molecule has 3 rings (SSSR count). The predicted octanol–water partition coefficient (Wildman–Crippen LogP) is 2.33. The maximum atomic E-state index is 12.5. The van der Waals surface area contributed by atoms with E-state index < -0.39 is 4.92 Å². The number of nitro groups is 1. The molecule has 2 heterocycles. The summed E-state index contributed by atoms with van der Waals surface area (Å²) in [6.07, 6.45) is 1.50. The SMILES string of the molecule is Cc1cccc(C)c1OCC(=O)N1CCN(c2ccc([N+](=O)[O-])nc2)CC1. The highest BCUT2D eigenvalue weighted by Gasteiger charge is 2.23. The van der Waals surface area contributed by atoms with E-state index in [1.165, 1.54) is 12.3 Å². The van der Waals surface area contributed by atoms with Crippen molar-refractivity contribution in [1.29, 1.82) is 0 Å². The van der Waals surface area contributed by atoms with Gasteiger partial charge in [-0.15, -0.1) is 0 Å². The summed E-state index contributed by atoms with van der Waals surface area (Å²) in [4.78, 5) is 30.3. The van der Waals surface area contributed by atoms with Crippen molar-refractivity contribution in [3.8, 4) is 5.75 Å². The highest BCUT2D eigenvalue weighted by Crippen LogP contribution is 2.22. The second-order valence-corrected chi connectivity index (χ2v) is 6.51. The molecule has 1 amide bonds. The van der Waals surface area contributed by atoms with E-state index in [-0.39, 0.29) is 18.3 Å². The Morgan fingerprint density at radius 1 is 1.15 bits per heavy atom. The molecule has 27 heavy (non-hydrogen) atoms. The van der Waals surface area contributed by atoms with Crippen LogP contribution in [0.25, 0.3) is 0 Å². The Labute approximate surface area is 157 Å². The van der Waals surface area contributed by atoms with Crippen molar-refractivity contribution in [3.63, 3.8) is 0 Å². The summed E-state index contributed by atoms with van der Waals surface area (Å²) in [5.41, 5.74) is 2.84.